The third-order valence-electron chi connectivity index (χ3n) is 2.76. The molecule has 3 rings (SSSR count). The van der Waals surface area contributed by atoms with Gasteiger partial charge < -0.3 is 10.4 Å². The van der Waals surface area contributed by atoms with Crippen molar-refractivity contribution >= 4 is 74.1 Å². The zero-order chi connectivity index (χ0) is 15.1. The van der Waals surface area contributed by atoms with Crippen LogP contribution in [-0.4, -0.2) is 15.4 Å². The number of hydrogen-bond acceptors (Lipinski definition) is 6. The molecule has 10 heteroatoms. The summed E-state index contributed by atoms with van der Waals surface area (Å²) >= 11 is 14.3. The van der Waals surface area contributed by atoms with E-state index in [2.05, 4.69) is 18.4 Å². The fraction of sp³-hybridized carbons (Fsp3) is 0.0909. The van der Waals surface area contributed by atoms with Gasteiger partial charge >= 0.3 is 5.97 Å². The Morgan fingerprint density at radius 1 is 1.29 bits per heavy atom. The highest BCUT2D eigenvalue weighted by Gasteiger charge is 2.23. The van der Waals surface area contributed by atoms with Gasteiger partial charge in [-0.25, -0.2) is 4.79 Å². The van der Waals surface area contributed by atoms with Gasteiger partial charge in [0.05, 0.1) is 32.8 Å². The van der Waals surface area contributed by atoms with Crippen molar-refractivity contribution in [3.63, 3.8) is 0 Å². The molecule has 0 aliphatic carbocycles. The largest absolute Gasteiger partial charge is 0.478 e. The predicted octanol–water partition coefficient (Wildman–Crippen LogP) is 4.93. The van der Waals surface area contributed by atoms with Crippen molar-refractivity contribution in [1.29, 1.82) is 0 Å². The quantitative estimate of drug-likeness (QED) is 0.693. The Bertz CT molecular complexity index is 843. The summed E-state index contributed by atoms with van der Waals surface area (Å²) in [6.45, 7) is 1.63. The smallest absolute Gasteiger partial charge is 0.340 e. The SMILES string of the molecule is Cc1nsc(Nc2c(Cl)cc(Cl)c3c2N=S=N3)c1C(=O)O. The Kier molecular flexibility index (Phi) is 3.70. The van der Waals surface area contributed by atoms with E-state index in [0.29, 0.717) is 37.8 Å². The summed E-state index contributed by atoms with van der Waals surface area (Å²) in [5, 5.41) is 13.4. The molecule has 1 aliphatic heterocycles. The lowest BCUT2D eigenvalue weighted by atomic mass is 10.2. The average Bonchev–Trinajstić information content (AvgIpc) is 3.01. The number of carbonyl (C=O) groups is 1. The number of nitrogens with one attached hydrogen (secondary N) is 1. The van der Waals surface area contributed by atoms with E-state index in [9.17, 15) is 9.90 Å². The number of rotatable bonds is 3. The minimum absolute atomic E-state index is 0.113. The van der Waals surface area contributed by atoms with Gasteiger partial charge in [0.25, 0.3) is 0 Å². The van der Waals surface area contributed by atoms with Crippen LogP contribution >= 0.6 is 34.7 Å². The minimum Gasteiger partial charge on any atom is -0.478 e. The van der Waals surface area contributed by atoms with Crippen molar-refractivity contribution in [2.75, 3.05) is 5.32 Å². The van der Waals surface area contributed by atoms with Crippen molar-refractivity contribution in [2.24, 2.45) is 8.73 Å². The molecule has 0 atom stereocenters. The Balaban J connectivity index is 2.11. The van der Waals surface area contributed by atoms with Crippen molar-refractivity contribution < 1.29 is 9.90 Å². The van der Waals surface area contributed by atoms with Gasteiger partial charge in [0.1, 0.15) is 21.9 Å². The first-order valence-corrected chi connectivity index (χ1v) is 7.82. The molecule has 0 radical (unpaired) electrons. The van der Waals surface area contributed by atoms with Crippen molar-refractivity contribution in [2.45, 2.75) is 6.92 Å². The number of aryl methyl sites for hydroxylation is 1. The highest BCUT2D eigenvalue weighted by Crippen LogP contribution is 2.49. The number of halogens is 2. The minimum atomic E-state index is -1.05. The third-order valence-corrected chi connectivity index (χ3v) is 4.73. The summed E-state index contributed by atoms with van der Waals surface area (Å²) in [6.07, 6.45) is 0. The number of benzene rings is 1. The van der Waals surface area contributed by atoms with E-state index >= 15 is 0 Å². The second kappa shape index (κ2) is 5.38. The van der Waals surface area contributed by atoms with Gasteiger partial charge in [0.2, 0.25) is 0 Å². The Hall–Kier alpha value is -1.48. The highest BCUT2D eigenvalue weighted by molar-refractivity contribution is 7.58. The molecule has 0 amide bonds. The number of carboxylic acid groups (broad SMARTS) is 1. The maximum absolute atomic E-state index is 11.3. The maximum Gasteiger partial charge on any atom is 0.340 e. The third kappa shape index (κ3) is 2.44. The van der Waals surface area contributed by atoms with Gasteiger partial charge in [-0.3, -0.25) is 0 Å². The van der Waals surface area contributed by atoms with Gasteiger partial charge in [-0.05, 0) is 24.5 Å². The average molecular weight is 361 g/mol. The second-order valence-corrected chi connectivity index (χ2v) is 6.20. The normalized spacial score (nSPS) is 12.1. The molecule has 0 fully saturated rings. The van der Waals surface area contributed by atoms with Gasteiger partial charge in [0.15, 0.2) is 0 Å². The summed E-state index contributed by atoms with van der Waals surface area (Å²) in [6, 6.07) is 1.55. The molecule has 2 aromatic rings. The number of aromatic nitrogens is 1. The molecule has 108 valence electrons. The summed E-state index contributed by atoms with van der Waals surface area (Å²) in [7, 11) is 0. The van der Waals surface area contributed by atoms with Crippen LogP contribution in [0.2, 0.25) is 10.0 Å². The molecular weight excluding hydrogens is 355 g/mol. The molecule has 0 bridgehead atoms. The number of hydrogen-bond donors (Lipinski definition) is 2. The maximum atomic E-state index is 11.3. The zero-order valence-electron chi connectivity index (χ0n) is 10.3. The lowest BCUT2D eigenvalue weighted by molar-refractivity contribution is 0.0697. The van der Waals surface area contributed by atoms with E-state index in [-0.39, 0.29) is 5.56 Å². The first-order chi connectivity index (χ1) is 9.99. The molecule has 2 heterocycles. The summed E-state index contributed by atoms with van der Waals surface area (Å²) in [5.74, 6) is -1.05. The van der Waals surface area contributed by atoms with E-state index in [0.717, 1.165) is 22.9 Å². The van der Waals surface area contributed by atoms with E-state index in [1.54, 1.807) is 13.0 Å². The number of fused-ring (bicyclic) bond motifs is 1. The van der Waals surface area contributed by atoms with Crippen LogP contribution in [0.3, 0.4) is 0 Å². The van der Waals surface area contributed by atoms with E-state index in [1.807, 2.05) is 0 Å². The van der Waals surface area contributed by atoms with Crippen LogP contribution in [0.5, 0.6) is 0 Å². The lowest BCUT2D eigenvalue weighted by Gasteiger charge is -2.11. The second-order valence-electron chi connectivity index (χ2n) is 4.08. The van der Waals surface area contributed by atoms with Gasteiger partial charge in [-0.2, -0.15) is 13.1 Å². The van der Waals surface area contributed by atoms with Crippen molar-refractivity contribution in [3.8, 4) is 0 Å². The first kappa shape index (κ1) is 14.5. The molecular formula is C11H6Cl2N4O2S2. The molecule has 6 nitrogen and oxygen atoms in total. The fourth-order valence-electron chi connectivity index (χ4n) is 1.81. The topological polar surface area (TPSA) is 86.9 Å². The van der Waals surface area contributed by atoms with Crippen LogP contribution in [-0.2, 0) is 11.4 Å². The molecule has 1 aromatic heterocycles. The van der Waals surface area contributed by atoms with Crippen molar-refractivity contribution in [3.05, 3.63) is 27.4 Å². The van der Waals surface area contributed by atoms with Gasteiger partial charge in [-0.15, -0.1) is 0 Å². The molecule has 21 heavy (non-hydrogen) atoms. The summed E-state index contributed by atoms with van der Waals surface area (Å²) < 4.78 is 12.3. The molecule has 2 N–H and O–H groups in total. The molecule has 0 unspecified atom stereocenters. The van der Waals surface area contributed by atoms with Crippen LogP contribution in [0.1, 0.15) is 16.1 Å². The van der Waals surface area contributed by atoms with Crippen LogP contribution in [0.4, 0.5) is 22.1 Å². The molecule has 1 aromatic carbocycles. The Labute approximate surface area is 136 Å². The van der Waals surface area contributed by atoms with E-state index < -0.39 is 5.97 Å². The first-order valence-electron chi connectivity index (χ1n) is 5.56. The van der Waals surface area contributed by atoms with Gasteiger partial charge in [0, 0.05) is 0 Å². The summed E-state index contributed by atoms with van der Waals surface area (Å²) in [4.78, 5) is 11.3. The number of aromatic carboxylic acids is 1. The van der Waals surface area contributed by atoms with Crippen LogP contribution in [0, 0.1) is 6.92 Å². The molecule has 1 aliphatic rings. The molecule has 0 spiro atoms. The highest BCUT2D eigenvalue weighted by atomic mass is 35.5. The van der Waals surface area contributed by atoms with Crippen LogP contribution in [0.25, 0.3) is 0 Å². The lowest BCUT2D eigenvalue weighted by Crippen LogP contribution is -2.01. The standard InChI is InChI=1S/C11H6Cl2N4O2S2/c1-3-6(11(18)19)10(20-15-3)14-7-4(12)2-5(13)8-9(7)17-21-16-8/h2,14H,1H3,(H,18,19). The number of carboxylic acids is 1. The summed E-state index contributed by atoms with van der Waals surface area (Å²) in [5.41, 5.74) is 2.04. The van der Waals surface area contributed by atoms with Crippen LogP contribution in [0.15, 0.2) is 14.8 Å². The Morgan fingerprint density at radius 2 is 2.00 bits per heavy atom. The predicted molar refractivity (Wildman–Crippen MR) is 85.1 cm³/mol. The molecule has 0 saturated heterocycles. The fourth-order valence-corrected chi connectivity index (χ4v) is 3.77. The van der Waals surface area contributed by atoms with E-state index in [1.165, 1.54) is 0 Å². The monoisotopic (exact) mass is 360 g/mol. The van der Waals surface area contributed by atoms with E-state index in [4.69, 9.17) is 23.2 Å². The number of nitrogens with zero attached hydrogens (tertiary/aromatic N) is 3. The Morgan fingerprint density at radius 3 is 2.71 bits per heavy atom. The van der Waals surface area contributed by atoms with Crippen LogP contribution < -0.4 is 5.32 Å². The van der Waals surface area contributed by atoms with Gasteiger partial charge in [-0.1, -0.05) is 23.2 Å². The number of anilines is 2. The van der Waals surface area contributed by atoms with Crippen molar-refractivity contribution in [1.82, 2.24) is 4.37 Å². The zero-order valence-corrected chi connectivity index (χ0v) is 13.5. The molecule has 0 saturated carbocycles.